The molecule has 2 heterocycles. The van der Waals surface area contributed by atoms with Crippen LogP contribution in [0.1, 0.15) is 41.8 Å². The summed E-state index contributed by atoms with van der Waals surface area (Å²) in [4.78, 5) is 30.5. The highest BCUT2D eigenvalue weighted by atomic mass is 32.1. The fourth-order valence-corrected chi connectivity index (χ4v) is 4.61. The Morgan fingerprint density at radius 1 is 1.33 bits per heavy atom. The quantitative estimate of drug-likeness (QED) is 0.880. The molecule has 1 aliphatic carbocycles. The number of benzene rings is 1. The first kappa shape index (κ1) is 15.3. The van der Waals surface area contributed by atoms with Crippen molar-refractivity contribution in [1.82, 2.24) is 4.98 Å². The highest BCUT2D eigenvalue weighted by Crippen LogP contribution is 2.35. The highest BCUT2D eigenvalue weighted by Gasteiger charge is 2.31. The molecule has 4 rings (SSSR count). The molecule has 0 unspecified atom stereocenters. The zero-order valence-corrected chi connectivity index (χ0v) is 14.3. The fraction of sp³-hybridized carbons (Fsp3) is 0.389. The molecule has 1 aliphatic heterocycles. The number of fused-ring (bicyclic) bond motifs is 2. The van der Waals surface area contributed by atoms with Crippen molar-refractivity contribution in [3.8, 4) is 0 Å². The number of nitrogens with one attached hydrogen (secondary N) is 2. The van der Waals surface area contributed by atoms with Crippen LogP contribution in [0, 0.1) is 5.92 Å². The van der Waals surface area contributed by atoms with Crippen molar-refractivity contribution in [2.75, 3.05) is 10.6 Å². The number of carbonyl (C=O) groups is 2. The second-order valence-electron chi connectivity index (χ2n) is 6.62. The van der Waals surface area contributed by atoms with Crippen LogP contribution in [0.2, 0.25) is 0 Å². The number of aromatic nitrogens is 1. The van der Waals surface area contributed by atoms with Crippen molar-refractivity contribution in [3.63, 3.8) is 0 Å². The van der Waals surface area contributed by atoms with Gasteiger partial charge in [0.2, 0.25) is 11.8 Å². The summed E-state index contributed by atoms with van der Waals surface area (Å²) in [5.41, 5.74) is 2.71. The molecule has 0 radical (unpaired) electrons. The van der Waals surface area contributed by atoms with Gasteiger partial charge in [-0.05, 0) is 36.8 Å². The first-order chi connectivity index (χ1) is 11.6. The molecule has 0 bridgehead atoms. The maximum absolute atomic E-state index is 12.7. The number of thiazole rings is 1. The summed E-state index contributed by atoms with van der Waals surface area (Å²) < 4.78 is 0. The van der Waals surface area contributed by atoms with E-state index >= 15 is 0 Å². The van der Waals surface area contributed by atoms with Crippen molar-refractivity contribution in [1.29, 1.82) is 0 Å². The molecule has 6 heteroatoms. The Balaban J connectivity index is 1.56. The molecule has 2 aromatic rings. The smallest absolute Gasteiger partial charge is 0.234 e. The lowest BCUT2D eigenvalue weighted by Crippen LogP contribution is -2.30. The van der Waals surface area contributed by atoms with Gasteiger partial charge < -0.3 is 10.6 Å². The Morgan fingerprint density at radius 2 is 2.17 bits per heavy atom. The lowest BCUT2D eigenvalue weighted by molar-refractivity contribution is -0.123. The molecule has 2 aliphatic rings. The van der Waals surface area contributed by atoms with E-state index in [2.05, 4.69) is 22.5 Å². The molecule has 0 saturated carbocycles. The lowest BCUT2D eigenvalue weighted by Gasteiger charge is -2.24. The third kappa shape index (κ3) is 2.82. The summed E-state index contributed by atoms with van der Waals surface area (Å²) in [5, 5.41) is 6.41. The Bertz CT molecular complexity index is 814. The van der Waals surface area contributed by atoms with Crippen LogP contribution in [0.5, 0.6) is 0 Å². The molecule has 1 aromatic heterocycles. The van der Waals surface area contributed by atoms with E-state index < -0.39 is 5.92 Å². The van der Waals surface area contributed by atoms with Crippen molar-refractivity contribution in [2.45, 2.75) is 38.5 Å². The lowest BCUT2D eigenvalue weighted by atomic mass is 9.90. The Labute approximate surface area is 144 Å². The van der Waals surface area contributed by atoms with E-state index in [1.165, 1.54) is 4.88 Å². The molecular weight excluding hydrogens is 322 g/mol. The summed E-state index contributed by atoms with van der Waals surface area (Å²) in [6, 6.07) is 7.47. The van der Waals surface area contributed by atoms with Crippen LogP contribution in [0.25, 0.3) is 0 Å². The molecule has 1 aromatic carbocycles. The monoisotopic (exact) mass is 341 g/mol. The van der Waals surface area contributed by atoms with Crippen LogP contribution < -0.4 is 10.6 Å². The number of rotatable bonds is 2. The minimum absolute atomic E-state index is 0.124. The van der Waals surface area contributed by atoms with Crippen LogP contribution in [0.15, 0.2) is 24.3 Å². The third-order valence-electron chi connectivity index (χ3n) is 4.73. The average molecular weight is 341 g/mol. The third-order valence-corrected chi connectivity index (χ3v) is 5.77. The van der Waals surface area contributed by atoms with Gasteiger partial charge in [0, 0.05) is 17.0 Å². The van der Waals surface area contributed by atoms with Gasteiger partial charge in [-0.15, -0.1) is 11.3 Å². The standard InChI is InChI=1S/C18H19N3O2S/c1-10-6-7-14-15(8-10)24-18(20-14)21-17(23)12-9-16(22)19-13-5-3-2-4-11(12)13/h2-5,10,12H,6-9H2,1H3,(H,19,22)(H,20,21,23)/t10-,12+/m0/s1. The first-order valence-corrected chi connectivity index (χ1v) is 9.10. The maximum Gasteiger partial charge on any atom is 0.234 e. The Hall–Kier alpha value is -2.21. The molecule has 2 N–H and O–H groups in total. The molecule has 5 nitrogen and oxygen atoms in total. The number of hydrogen-bond acceptors (Lipinski definition) is 4. The van der Waals surface area contributed by atoms with Crippen LogP contribution in [0.3, 0.4) is 0 Å². The van der Waals surface area contributed by atoms with Gasteiger partial charge in [-0.2, -0.15) is 0 Å². The van der Waals surface area contributed by atoms with Gasteiger partial charge in [0.1, 0.15) is 0 Å². The number of para-hydroxylation sites is 1. The van der Waals surface area contributed by atoms with Crippen LogP contribution in [0.4, 0.5) is 10.8 Å². The zero-order valence-electron chi connectivity index (χ0n) is 13.5. The predicted molar refractivity (Wildman–Crippen MR) is 94.4 cm³/mol. The number of hydrogen-bond donors (Lipinski definition) is 2. The van der Waals surface area contributed by atoms with Crippen molar-refractivity contribution in [3.05, 3.63) is 40.4 Å². The molecule has 2 amide bonds. The fourth-order valence-electron chi connectivity index (χ4n) is 3.43. The van der Waals surface area contributed by atoms with Gasteiger partial charge in [0.15, 0.2) is 5.13 Å². The summed E-state index contributed by atoms with van der Waals surface area (Å²) >= 11 is 1.57. The van der Waals surface area contributed by atoms with Crippen molar-refractivity contribution in [2.24, 2.45) is 5.92 Å². The minimum atomic E-state index is -0.463. The molecule has 2 atom stereocenters. The predicted octanol–water partition coefficient (Wildman–Crippen LogP) is 3.33. The molecule has 124 valence electrons. The van der Waals surface area contributed by atoms with E-state index in [-0.39, 0.29) is 18.2 Å². The van der Waals surface area contributed by atoms with Gasteiger partial charge in [-0.3, -0.25) is 9.59 Å². The van der Waals surface area contributed by atoms with Gasteiger partial charge >= 0.3 is 0 Å². The van der Waals surface area contributed by atoms with Crippen molar-refractivity contribution >= 4 is 34.0 Å². The van der Waals surface area contributed by atoms with Gasteiger partial charge in [-0.25, -0.2) is 4.98 Å². The molecule has 0 spiro atoms. The normalized spacial score (nSPS) is 22.3. The van der Waals surface area contributed by atoms with E-state index in [9.17, 15) is 9.59 Å². The summed E-state index contributed by atoms with van der Waals surface area (Å²) in [6.07, 6.45) is 3.35. The molecular formula is C18H19N3O2S. The van der Waals surface area contributed by atoms with Crippen LogP contribution in [-0.4, -0.2) is 16.8 Å². The van der Waals surface area contributed by atoms with Crippen molar-refractivity contribution < 1.29 is 9.59 Å². The summed E-state index contributed by atoms with van der Waals surface area (Å²) in [6.45, 7) is 2.25. The number of anilines is 2. The van der Waals surface area contributed by atoms with Gasteiger partial charge in [-0.1, -0.05) is 25.1 Å². The van der Waals surface area contributed by atoms with E-state index in [1.807, 2.05) is 24.3 Å². The molecule has 0 saturated heterocycles. The number of carbonyl (C=O) groups excluding carboxylic acids is 2. The SMILES string of the molecule is C[C@H]1CCc2nc(NC(=O)[C@@H]3CC(=O)Nc4ccccc43)sc2C1. The summed E-state index contributed by atoms with van der Waals surface area (Å²) in [5.74, 6) is -0.0669. The largest absolute Gasteiger partial charge is 0.326 e. The number of amides is 2. The van der Waals surface area contributed by atoms with Gasteiger partial charge in [0.05, 0.1) is 11.6 Å². The topological polar surface area (TPSA) is 71.1 Å². The summed E-state index contributed by atoms with van der Waals surface area (Å²) in [7, 11) is 0. The Morgan fingerprint density at radius 3 is 3.04 bits per heavy atom. The van der Waals surface area contributed by atoms with Crippen LogP contribution >= 0.6 is 11.3 Å². The van der Waals surface area contributed by atoms with Crippen LogP contribution in [-0.2, 0) is 22.4 Å². The van der Waals surface area contributed by atoms with E-state index in [1.54, 1.807) is 11.3 Å². The van der Waals surface area contributed by atoms with Gasteiger partial charge in [0.25, 0.3) is 0 Å². The average Bonchev–Trinajstić information content (AvgIpc) is 2.95. The molecule has 24 heavy (non-hydrogen) atoms. The minimum Gasteiger partial charge on any atom is -0.326 e. The second kappa shape index (κ2) is 6.02. The number of aryl methyl sites for hydroxylation is 1. The molecule has 0 fully saturated rings. The zero-order chi connectivity index (χ0) is 16.7. The second-order valence-corrected chi connectivity index (χ2v) is 7.70. The highest BCUT2D eigenvalue weighted by molar-refractivity contribution is 7.15. The number of nitrogens with zero attached hydrogens (tertiary/aromatic N) is 1. The van der Waals surface area contributed by atoms with E-state index in [0.717, 1.165) is 36.2 Å². The van der Waals surface area contributed by atoms with E-state index in [4.69, 9.17) is 0 Å². The van der Waals surface area contributed by atoms with E-state index in [0.29, 0.717) is 11.0 Å². The Kier molecular flexibility index (Phi) is 3.84. The first-order valence-electron chi connectivity index (χ1n) is 8.28. The maximum atomic E-state index is 12.7.